The molecule has 1 aromatic heterocycles. The number of carbonyl (C=O) groups is 1. The van der Waals surface area contributed by atoms with Crippen LogP contribution in [0, 0.1) is 0 Å². The zero-order chi connectivity index (χ0) is 26.8. The van der Waals surface area contributed by atoms with Gasteiger partial charge in [0.15, 0.2) is 11.4 Å². The Kier molecular flexibility index (Phi) is 6.31. The predicted octanol–water partition coefficient (Wildman–Crippen LogP) is 5.70. The number of hydrogen-bond acceptors (Lipinski definition) is 5. The Hall–Kier alpha value is -5.30. The van der Waals surface area contributed by atoms with E-state index >= 15 is 0 Å². The van der Waals surface area contributed by atoms with E-state index in [2.05, 4.69) is 10.7 Å². The van der Waals surface area contributed by atoms with Crippen LogP contribution in [-0.4, -0.2) is 15.7 Å². The molecule has 39 heavy (non-hydrogen) atoms. The number of carbonyl (C=O) groups excluding carboxylic acids is 1. The van der Waals surface area contributed by atoms with Crippen LogP contribution in [0.4, 0.5) is 5.69 Å². The first-order valence-electron chi connectivity index (χ1n) is 12.6. The third-order valence-electron chi connectivity index (χ3n) is 6.76. The standard InChI is InChI=1S/C32H25N3O4/c36-27-17-18-35(34-29-25-14-5-4-11-23(25)20-39-28-16-7-6-15-26(28)29)30(31(27)37)32(38)33-24-13-8-12-22(19-24)21-9-2-1-3-10-21/h1-19,29,34,37H,20H2,(H,33,38). The number of aromatic nitrogens is 1. The normalized spacial score (nSPS) is 13.8. The molecule has 7 nitrogen and oxygen atoms in total. The maximum atomic E-state index is 13.6. The Labute approximate surface area is 224 Å². The largest absolute Gasteiger partial charge is 0.502 e. The average molecular weight is 516 g/mol. The van der Waals surface area contributed by atoms with Gasteiger partial charge < -0.3 is 20.6 Å². The van der Waals surface area contributed by atoms with E-state index < -0.39 is 23.1 Å². The van der Waals surface area contributed by atoms with Crippen molar-refractivity contribution in [2.75, 3.05) is 10.7 Å². The number of ether oxygens (including phenoxy) is 1. The third-order valence-corrected chi connectivity index (χ3v) is 6.76. The molecule has 0 saturated heterocycles. The van der Waals surface area contributed by atoms with E-state index in [9.17, 15) is 14.7 Å². The van der Waals surface area contributed by atoms with Crippen LogP contribution in [0.25, 0.3) is 11.1 Å². The molecule has 0 aliphatic carbocycles. The van der Waals surface area contributed by atoms with Gasteiger partial charge >= 0.3 is 0 Å². The summed E-state index contributed by atoms with van der Waals surface area (Å²) in [6.07, 6.45) is 1.45. The number of anilines is 1. The minimum Gasteiger partial charge on any atom is -0.502 e. The molecule has 1 aliphatic rings. The summed E-state index contributed by atoms with van der Waals surface area (Å²) in [4.78, 5) is 26.0. The lowest BCUT2D eigenvalue weighted by molar-refractivity contribution is 0.101. The molecular weight excluding hydrogens is 490 g/mol. The molecule has 1 aliphatic heterocycles. The molecule has 6 rings (SSSR count). The van der Waals surface area contributed by atoms with Gasteiger partial charge in [0, 0.05) is 23.5 Å². The molecule has 7 heteroatoms. The molecule has 192 valence electrons. The van der Waals surface area contributed by atoms with Crippen molar-refractivity contribution in [1.82, 2.24) is 4.68 Å². The minimum absolute atomic E-state index is 0.201. The van der Waals surface area contributed by atoms with Crippen molar-refractivity contribution in [3.8, 4) is 22.6 Å². The smallest absolute Gasteiger partial charge is 0.278 e. The van der Waals surface area contributed by atoms with Crippen molar-refractivity contribution in [3.63, 3.8) is 0 Å². The summed E-state index contributed by atoms with van der Waals surface area (Å²) in [6.45, 7) is 0.395. The fourth-order valence-electron chi connectivity index (χ4n) is 4.85. The Morgan fingerprint density at radius 1 is 0.821 bits per heavy atom. The number of para-hydroxylation sites is 1. The summed E-state index contributed by atoms with van der Waals surface area (Å²) >= 11 is 0. The quantitative estimate of drug-likeness (QED) is 0.279. The molecule has 0 spiro atoms. The van der Waals surface area contributed by atoms with Crippen molar-refractivity contribution in [1.29, 1.82) is 0 Å². The maximum Gasteiger partial charge on any atom is 0.278 e. The minimum atomic E-state index is -0.652. The molecule has 2 heterocycles. The highest BCUT2D eigenvalue weighted by molar-refractivity contribution is 6.05. The molecule has 0 fully saturated rings. The molecule has 5 aromatic rings. The van der Waals surface area contributed by atoms with Crippen LogP contribution in [0.15, 0.2) is 120 Å². The molecule has 1 amide bonds. The second kappa shape index (κ2) is 10.2. The Balaban J connectivity index is 1.38. The molecule has 0 saturated carbocycles. The van der Waals surface area contributed by atoms with Gasteiger partial charge in [-0.1, -0.05) is 84.9 Å². The lowest BCUT2D eigenvalue weighted by Crippen LogP contribution is -2.30. The van der Waals surface area contributed by atoms with Gasteiger partial charge in [0.05, 0.1) is 6.04 Å². The summed E-state index contributed by atoms with van der Waals surface area (Å²) in [5, 5.41) is 13.6. The van der Waals surface area contributed by atoms with Crippen molar-refractivity contribution in [3.05, 3.63) is 148 Å². The van der Waals surface area contributed by atoms with Gasteiger partial charge in [0.2, 0.25) is 5.43 Å². The number of nitrogens with zero attached hydrogens (tertiary/aromatic N) is 1. The van der Waals surface area contributed by atoms with Crippen molar-refractivity contribution < 1.29 is 14.6 Å². The van der Waals surface area contributed by atoms with E-state index in [-0.39, 0.29) is 5.69 Å². The summed E-state index contributed by atoms with van der Waals surface area (Å²) in [5.41, 5.74) is 7.76. The molecule has 1 atom stereocenters. The average Bonchev–Trinajstić information content (AvgIpc) is 3.13. The van der Waals surface area contributed by atoms with Crippen LogP contribution in [0.1, 0.15) is 33.2 Å². The highest BCUT2D eigenvalue weighted by atomic mass is 16.5. The summed E-state index contributed by atoms with van der Waals surface area (Å²) < 4.78 is 7.46. The van der Waals surface area contributed by atoms with Crippen molar-refractivity contribution >= 4 is 11.6 Å². The first-order chi connectivity index (χ1) is 19.1. The maximum absolute atomic E-state index is 13.6. The number of rotatable bonds is 5. The lowest BCUT2D eigenvalue weighted by atomic mass is 9.95. The van der Waals surface area contributed by atoms with Crippen LogP contribution in [0.3, 0.4) is 0 Å². The summed E-state index contributed by atoms with van der Waals surface area (Å²) in [7, 11) is 0. The number of hydrogen-bond donors (Lipinski definition) is 3. The topological polar surface area (TPSA) is 92.6 Å². The van der Waals surface area contributed by atoms with Crippen molar-refractivity contribution in [2.24, 2.45) is 0 Å². The highest BCUT2D eigenvalue weighted by Crippen LogP contribution is 2.36. The molecule has 0 radical (unpaired) electrons. The van der Waals surface area contributed by atoms with E-state index in [1.165, 1.54) is 16.9 Å². The van der Waals surface area contributed by atoms with Crippen LogP contribution in [-0.2, 0) is 6.61 Å². The summed E-state index contributed by atoms with van der Waals surface area (Å²) in [6, 6.07) is 33.5. The number of benzene rings is 4. The first kappa shape index (κ1) is 24.1. The van der Waals surface area contributed by atoms with Gasteiger partial charge in [-0.25, -0.2) is 0 Å². The number of pyridine rings is 1. The zero-order valence-corrected chi connectivity index (χ0v) is 20.9. The van der Waals surface area contributed by atoms with Crippen LogP contribution in [0.2, 0.25) is 0 Å². The van der Waals surface area contributed by atoms with Crippen LogP contribution >= 0.6 is 0 Å². The van der Waals surface area contributed by atoms with Gasteiger partial charge in [0.1, 0.15) is 12.4 Å². The Morgan fingerprint density at radius 3 is 2.38 bits per heavy atom. The molecule has 0 bridgehead atoms. The highest BCUT2D eigenvalue weighted by Gasteiger charge is 2.27. The second-order valence-electron chi connectivity index (χ2n) is 9.24. The van der Waals surface area contributed by atoms with Gasteiger partial charge in [-0.2, -0.15) is 0 Å². The summed E-state index contributed by atoms with van der Waals surface area (Å²) in [5.74, 6) is -0.567. The third kappa shape index (κ3) is 4.73. The van der Waals surface area contributed by atoms with Gasteiger partial charge in [0.25, 0.3) is 5.91 Å². The van der Waals surface area contributed by atoms with E-state index in [0.29, 0.717) is 18.0 Å². The van der Waals surface area contributed by atoms with E-state index in [1.807, 2.05) is 97.1 Å². The lowest BCUT2D eigenvalue weighted by Gasteiger charge is -2.25. The number of fused-ring (bicyclic) bond motifs is 2. The van der Waals surface area contributed by atoms with Gasteiger partial charge in [-0.15, -0.1) is 0 Å². The first-order valence-corrected chi connectivity index (χ1v) is 12.6. The van der Waals surface area contributed by atoms with E-state index in [1.54, 1.807) is 6.07 Å². The Bertz CT molecular complexity index is 1680. The van der Waals surface area contributed by atoms with E-state index in [4.69, 9.17) is 4.74 Å². The Morgan fingerprint density at radius 2 is 1.54 bits per heavy atom. The molecule has 1 unspecified atom stereocenters. The number of amides is 1. The zero-order valence-electron chi connectivity index (χ0n) is 20.9. The fraction of sp³-hybridized carbons (Fsp3) is 0.0625. The SMILES string of the molecule is O=C(Nc1cccc(-c2ccccc2)c1)c1c(O)c(=O)ccn1NC1c2ccccc2COc2ccccc21. The number of aromatic hydroxyl groups is 1. The molecule has 3 N–H and O–H groups in total. The van der Waals surface area contributed by atoms with Gasteiger partial charge in [-0.05, 0) is 40.5 Å². The van der Waals surface area contributed by atoms with Crippen molar-refractivity contribution in [2.45, 2.75) is 12.6 Å². The van der Waals surface area contributed by atoms with Crippen LogP contribution in [0.5, 0.6) is 11.5 Å². The fourth-order valence-corrected chi connectivity index (χ4v) is 4.85. The van der Waals surface area contributed by atoms with Crippen LogP contribution < -0.4 is 20.9 Å². The van der Waals surface area contributed by atoms with Gasteiger partial charge in [-0.3, -0.25) is 14.3 Å². The number of nitrogens with one attached hydrogen (secondary N) is 2. The predicted molar refractivity (Wildman–Crippen MR) is 151 cm³/mol. The van der Waals surface area contributed by atoms with E-state index in [0.717, 1.165) is 27.8 Å². The molecular formula is C32H25N3O4. The second-order valence-corrected chi connectivity index (χ2v) is 9.24. The molecule has 4 aromatic carbocycles. The monoisotopic (exact) mass is 515 g/mol.